The number of rotatable bonds is 4. The summed E-state index contributed by atoms with van der Waals surface area (Å²) in [5, 5.41) is 6.02. The normalized spacial score (nSPS) is 18.3. The largest absolute Gasteiger partial charge is 0.339 e. The van der Waals surface area contributed by atoms with Gasteiger partial charge in [0.05, 0.1) is 10.8 Å². The summed E-state index contributed by atoms with van der Waals surface area (Å²) in [6.45, 7) is 2.21. The van der Waals surface area contributed by atoms with Gasteiger partial charge in [-0.05, 0) is 42.1 Å². The first-order valence-corrected chi connectivity index (χ1v) is 8.61. The van der Waals surface area contributed by atoms with E-state index in [1.54, 1.807) is 17.4 Å². The van der Waals surface area contributed by atoms with Gasteiger partial charge < -0.3 is 4.52 Å². The number of benzene rings is 1. The first-order chi connectivity index (χ1) is 11.7. The van der Waals surface area contributed by atoms with E-state index in [2.05, 4.69) is 15.0 Å². The minimum absolute atomic E-state index is 0.177. The summed E-state index contributed by atoms with van der Waals surface area (Å²) < 4.78 is 31.7. The van der Waals surface area contributed by atoms with Gasteiger partial charge in [-0.25, -0.2) is 8.78 Å². The van der Waals surface area contributed by atoms with Gasteiger partial charge in [0.25, 0.3) is 0 Å². The van der Waals surface area contributed by atoms with Crippen LogP contribution in [0, 0.1) is 11.6 Å². The molecule has 1 saturated heterocycles. The highest BCUT2D eigenvalue weighted by molar-refractivity contribution is 7.13. The molecule has 0 amide bonds. The average molecular weight is 347 g/mol. The molecular weight excluding hydrogens is 332 g/mol. The van der Waals surface area contributed by atoms with Crippen LogP contribution >= 0.6 is 11.3 Å². The van der Waals surface area contributed by atoms with Crippen LogP contribution in [0.15, 0.2) is 40.2 Å². The van der Waals surface area contributed by atoms with Crippen LogP contribution < -0.4 is 0 Å². The fourth-order valence-electron chi connectivity index (χ4n) is 2.98. The summed E-state index contributed by atoms with van der Waals surface area (Å²) in [4.78, 5) is 7.67. The fraction of sp³-hybridized carbons (Fsp3) is 0.294. The number of aromatic nitrogens is 2. The second-order valence-electron chi connectivity index (χ2n) is 5.90. The van der Waals surface area contributed by atoms with Crippen molar-refractivity contribution in [1.82, 2.24) is 15.0 Å². The molecule has 1 aliphatic rings. The Kier molecular flexibility index (Phi) is 4.12. The van der Waals surface area contributed by atoms with E-state index < -0.39 is 11.6 Å². The molecule has 4 nitrogen and oxygen atoms in total. The van der Waals surface area contributed by atoms with Crippen molar-refractivity contribution in [2.45, 2.75) is 18.9 Å². The van der Waals surface area contributed by atoms with Gasteiger partial charge in [-0.15, -0.1) is 11.3 Å². The molecule has 7 heteroatoms. The summed E-state index contributed by atoms with van der Waals surface area (Å²) in [5.74, 6) is -0.174. The fourth-order valence-corrected chi connectivity index (χ4v) is 3.63. The Morgan fingerprint density at radius 1 is 1.25 bits per heavy atom. The number of halogens is 2. The molecule has 0 saturated carbocycles. The van der Waals surface area contributed by atoms with Crippen LogP contribution in [-0.4, -0.2) is 28.1 Å². The Morgan fingerprint density at radius 3 is 2.96 bits per heavy atom. The molecule has 1 aliphatic heterocycles. The van der Waals surface area contributed by atoms with Crippen LogP contribution in [0.1, 0.15) is 23.8 Å². The quantitative estimate of drug-likeness (QED) is 0.714. The summed E-state index contributed by atoms with van der Waals surface area (Å²) >= 11 is 1.58. The van der Waals surface area contributed by atoms with E-state index in [4.69, 9.17) is 4.52 Å². The smallest absolute Gasteiger partial charge is 0.231 e. The molecule has 4 rings (SSSR count). The lowest BCUT2D eigenvalue weighted by atomic mass is 10.1. The summed E-state index contributed by atoms with van der Waals surface area (Å²) in [6, 6.07) is 7.96. The molecule has 1 fully saturated rings. The lowest BCUT2D eigenvalue weighted by Gasteiger charge is -2.15. The zero-order valence-corrected chi connectivity index (χ0v) is 13.6. The molecule has 0 N–H and O–H groups in total. The van der Waals surface area contributed by atoms with E-state index >= 15 is 0 Å². The predicted molar refractivity (Wildman–Crippen MR) is 86.6 cm³/mol. The molecule has 1 aromatic carbocycles. The van der Waals surface area contributed by atoms with E-state index in [-0.39, 0.29) is 5.92 Å². The van der Waals surface area contributed by atoms with Crippen LogP contribution in [0.3, 0.4) is 0 Å². The molecule has 124 valence electrons. The second kappa shape index (κ2) is 6.41. The van der Waals surface area contributed by atoms with Gasteiger partial charge in [0, 0.05) is 13.1 Å². The molecule has 0 bridgehead atoms. The summed E-state index contributed by atoms with van der Waals surface area (Å²) in [5.41, 5.74) is 0.763. The molecular formula is C17H15F2N3OS. The van der Waals surface area contributed by atoms with Gasteiger partial charge in [0.2, 0.25) is 11.7 Å². The Bertz CT molecular complexity index is 834. The van der Waals surface area contributed by atoms with Crippen molar-refractivity contribution in [2.75, 3.05) is 13.1 Å². The third kappa shape index (κ3) is 3.09. The Balaban J connectivity index is 1.42. The maximum Gasteiger partial charge on any atom is 0.231 e. The monoisotopic (exact) mass is 347 g/mol. The molecule has 0 aliphatic carbocycles. The third-order valence-corrected chi connectivity index (χ3v) is 5.06. The van der Waals surface area contributed by atoms with Gasteiger partial charge in [0.1, 0.15) is 0 Å². The van der Waals surface area contributed by atoms with Crippen LogP contribution in [0.5, 0.6) is 0 Å². The van der Waals surface area contributed by atoms with Crippen molar-refractivity contribution in [2.24, 2.45) is 0 Å². The maximum absolute atomic E-state index is 13.3. The SMILES string of the molecule is Fc1ccc(CN2CCC(c3nc(-c4cccs4)no3)C2)cc1F. The van der Waals surface area contributed by atoms with E-state index in [0.29, 0.717) is 18.3 Å². The zero-order chi connectivity index (χ0) is 16.5. The average Bonchev–Trinajstić information content (AvgIpc) is 3.30. The standard InChI is InChI=1S/C17H15F2N3OS/c18-13-4-3-11(8-14(13)19)9-22-6-5-12(10-22)17-20-16(21-23-17)15-2-1-7-24-15/h1-4,7-8,12H,5-6,9-10H2. The van der Waals surface area contributed by atoms with Gasteiger partial charge in [-0.2, -0.15) is 4.98 Å². The second-order valence-corrected chi connectivity index (χ2v) is 6.85. The van der Waals surface area contributed by atoms with Crippen molar-refractivity contribution in [3.63, 3.8) is 0 Å². The third-order valence-electron chi connectivity index (χ3n) is 4.20. The molecule has 0 spiro atoms. The van der Waals surface area contributed by atoms with Crippen LogP contribution in [0.2, 0.25) is 0 Å². The van der Waals surface area contributed by atoms with E-state index in [0.717, 1.165) is 30.0 Å². The first-order valence-electron chi connectivity index (χ1n) is 7.73. The highest BCUT2D eigenvalue weighted by Gasteiger charge is 2.28. The number of hydrogen-bond donors (Lipinski definition) is 0. The van der Waals surface area contributed by atoms with E-state index in [9.17, 15) is 8.78 Å². The Morgan fingerprint density at radius 2 is 2.17 bits per heavy atom. The number of nitrogens with zero attached hydrogens (tertiary/aromatic N) is 3. The molecule has 3 aromatic rings. The number of thiophene rings is 1. The molecule has 1 atom stereocenters. The topological polar surface area (TPSA) is 42.2 Å². The van der Waals surface area contributed by atoms with Crippen molar-refractivity contribution in [1.29, 1.82) is 0 Å². The summed E-state index contributed by atoms with van der Waals surface area (Å²) in [7, 11) is 0. The Hall–Kier alpha value is -2.12. The zero-order valence-electron chi connectivity index (χ0n) is 12.8. The van der Waals surface area contributed by atoms with Crippen LogP contribution in [0.25, 0.3) is 10.7 Å². The van der Waals surface area contributed by atoms with E-state index in [1.165, 1.54) is 12.1 Å². The van der Waals surface area contributed by atoms with Crippen molar-refractivity contribution in [3.05, 3.63) is 58.8 Å². The van der Waals surface area contributed by atoms with Crippen molar-refractivity contribution in [3.8, 4) is 10.7 Å². The van der Waals surface area contributed by atoms with Crippen molar-refractivity contribution < 1.29 is 13.3 Å². The minimum atomic E-state index is -0.815. The molecule has 1 unspecified atom stereocenters. The number of hydrogen-bond acceptors (Lipinski definition) is 5. The van der Waals surface area contributed by atoms with Crippen LogP contribution in [0.4, 0.5) is 8.78 Å². The Labute approximate surface area is 141 Å². The minimum Gasteiger partial charge on any atom is -0.339 e. The molecule has 24 heavy (non-hydrogen) atoms. The predicted octanol–water partition coefficient (Wildman–Crippen LogP) is 4.07. The van der Waals surface area contributed by atoms with Gasteiger partial charge >= 0.3 is 0 Å². The summed E-state index contributed by atoms with van der Waals surface area (Å²) in [6.07, 6.45) is 0.912. The van der Waals surface area contributed by atoms with Gasteiger partial charge in [0.15, 0.2) is 11.6 Å². The lowest BCUT2D eigenvalue weighted by Crippen LogP contribution is -2.20. The van der Waals surface area contributed by atoms with E-state index in [1.807, 2.05) is 17.5 Å². The van der Waals surface area contributed by atoms with Gasteiger partial charge in [-0.3, -0.25) is 4.90 Å². The van der Waals surface area contributed by atoms with Crippen molar-refractivity contribution >= 4 is 11.3 Å². The maximum atomic E-state index is 13.3. The molecule has 2 aromatic heterocycles. The molecule has 3 heterocycles. The molecule has 0 radical (unpaired) electrons. The lowest BCUT2D eigenvalue weighted by molar-refractivity contribution is 0.308. The highest BCUT2D eigenvalue weighted by Crippen LogP contribution is 2.29. The first kappa shape index (κ1) is 15.4. The highest BCUT2D eigenvalue weighted by atomic mass is 32.1. The van der Waals surface area contributed by atoms with Gasteiger partial charge in [-0.1, -0.05) is 17.3 Å². The number of likely N-dealkylation sites (tertiary alicyclic amines) is 1. The van der Waals surface area contributed by atoms with Crippen LogP contribution in [-0.2, 0) is 6.54 Å².